The maximum Gasteiger partial charge on any atom is 0.146 e. The Kier molecular flexibility index (Phi) is 7.69. The van der Waals surface area contributed by atoms with Crippen LogP contribution in [0.4, 0.5) is 5.69 Å². The largest absolute Gasteiger partial charge is 0.487 e. The van der Waals surface area contributed by atoms with E-state index in [9.17, 15) is 0 Å². The second-order valence-corrected chi connectivity index (χ2v) is 6.90. The number of ether oxygens (including phenoxy) is 1. The summed E-state index contributed by atoms with van der Waals surface area (Å²) in [5, 5.41) is 11.9. The molecule has 0 atom stereocenters. The zero-order valence-corrected chi connectivity index (χ0v) is 17.8. The van der Waals surface area contributed by atoms with Crippen LogP contribution in [0.2, 0.25) is 10.0 Å². The van der Waals surface area contributed by atoms with E-state index in [4.69, 9.17) is 33.3 Å². The fourth-order valence-corrected chi connectivity index (χ4v) is 3.18. The summed E-state index contributed by atoms with van der Waals surface area (Å²) in [4.78, 5) is 4.67. The Morgan fingerprint density at radius 3 is 2.39 bits per heavy atom. The molecule has 0 aliphatic heterocycles. The third-order valence-corrected chi connectivity index (χ3v) is 4.64. The monoisotopic (exact) mass is 435 g/mol. The van der Waals surface area contributed by atoms with E-state index < -0.39 is 0 Å². The van der Waals surface area contributed by atoms with Gasteiger partial charge in [0.1, 0.15) is 18.1 Å². The van der Waals surface area contributed by atoms with Crippen LogP contribution in [0.15, 0.2) is 54.6 Å². The van der Waals surface area contributed by atoms with Gasteiger partial charge in [0.05, 0.1) is 5.84 Å². The first-order chi connectivity index (χ1) is 13.0. The molecule has 3 aromatic rings. The van der Waals surface area contributed by atoms with Gasteiger partial charge in [0, 0.05) is 32.6 Å². The van der Waals surface area contributed by atoms with Gasteiger partial charge in [-0.1, -0.05) is 47.5 Å². The lowest BCUT2D eigenvalue weighted by atomic mass is 10.1. The van der Waals surface area contributed by atoms with Gasteiger partial charge >= 0.3 is 0 Å². The van der Waals surface area contributed by atoms with Gasteiger partial charge < -0.3 is 10.1 Å². The number of hydrogen-bond acceptors (Lipinski definition) is 3. The first kappa shape index (κ1) is 22.0. The molecule has 0 bridgehead atoms. The van der Waals surface area contributed by atoms with Crippen molar-refractivity contribution >= 4 is 47.1 Å². The predicted octanol–water partition coefficient (Wildman–Crippen LogP) is 6.77. The summed E-state index contributed by atoms with van der Waals surface area (Å²) < 4.78 is 6.04. The first-order valence-electron chi connectivity index (χ1n) is 8.40. The molecule has 0 radical (unpaired) electrons. The second-order valence-electron chi connectivity index (χ2n) is 6.08. The summed E-state index contributed by atoms with van der Waals surface area (Å²) in [7, 11) is 0. The molecule has 0 saturated carbocycles. The molecule has 0 aliphatic carbocycles. The molecule has 0 unspecified atom stereocenters. The highest BCUT2D eigenvalue weighted by Gasteiger charge is 2.14. The Morgan fingerprint density at radius 1 is 1.04 bits per heavy atom. The normalized spacial score (nSPS) is 10.1. The molecular weight excluding hydrogens is 417 g/mol. The van der Waals surface area contributed by atoms with Crippen molar-refractivity contribution in [1.82, 2.24) is 4.98 Å². The summed E-state index contributed by atoms with van der Waals surface area (Å²) >= 11 is 12.5. The highest BCUT2D eigenvalue weighted by Crippen LogP contribution is 2.35. The molecule has 0 saturated heterocycles. The van der Waals surface area contributed by atoms with Gasteiger partial charge in [0.15, 0.2) is 0 Å². The third-order valence-electron chi connectivity index (χ3n) is 3.94. The molecule has 2 aromatic carbocycles. The summed E-state index contributed by atoms with van der Waals surface area (Å²) in [6.45, 7) is 3.85. The van der Waals surface area contributed by atoms with Crippen molar-refractivity contribution in [2.45, 2.75) is 20.5 Å². The summed E-state index contributed by atoms with van der Waals surface area (Å²) in [5.41, 5.74) is 3.95. The van der Waals surface area contributed by atoms with Crippen LogP contribution in [0.5, 0.6) is 5.75 Å². The van der Waals surface area contributed by atoms with Crippen molar-refractivity contribution < 1.29 is 4.74 Å². The Morgan fingerprint density at radius 2 is 1.71 bits per heavy atom. The molecule has 146 valence electrons. The second kappa shape index (κ2) is 9.78. The highest BCUT2D eigenvalue weighted by molar-refractivity contribution is 6.35. The highest BCUT2D eigenvalue weighted by atomic mass is 35.5. The number of pyridine rings is 1. The molecule has 28 heavy (non-hydrogen) atoms. The van der Waals surface area contributed by atoms with Crippen LogP contribution in [-0.4, -0.2) is 10.8 Å². The number of hydrogen-bond donors (Lipinski definition) is 2. The molecule has 3 rings (SSSR count). The zero-order chi connectivity index (χ0) is 19.4. The van der Waals surface area contributed by atoms with Crippen molar-refractivity contribution in [3.8, 4) is 17.0 Å². The van der Waals surface area contributed by atoms with E-state index >= 15 is 0 Å². The van der Waals surface area contributed by atoms with Crippen LogP contribution in [0.25, 0.3) is 11.3 Å². The average molecular weight is 437 g/mol. The fourth-order valence-electron chi connectivity index (χ4n) is 2.67. The molecule has 0 spiro atoms. The van der Waals surface area contributed by atoms with Gasteiger partial charge in [-0.3, -0.25) is 5.41 Å². The van der Waals surface area contributed by atoms with E-state index in [1.807, 2.05) is 43.3 Å². The molecule has 0 fully saturated rings. The maximum absolute atomic E-state index is 7.74. The number of nitrogens with one attached hydrogen (secondary N) is 2. The predicted molar refractivity (Wildman–Crippen MR) is 119 cm³/mol. The third kappa shape index (κ3) is 5.16. The average Bonchev–Trinajstić information content (AvgIpc) is 2.62. The minimum atomic E-state index is 0. The minimum Gasteiger partial charge on any atom is -0.487 e. The molecular formula is C21H20Cl3N3O. The minimum absolute atomic E-state index is 0. The van der Waals surface area contributed by atoms with E-state index in [0.29, 0.717) is 27.3 Å². The molecule has 1 aromatic heterocycles. The van der Waals surface area contributed by atoms with Gasteiger partial charge in [-0.05, 0) is 44.2 Å². The summed E-state index contributed by atoms with van der Waals surface area (Å²) in [6, 6.07) is 16.8. The quantitative estimate of drug-likeness (QED) is 0.342. The standard InChI is InChI=1S/C21H19Cl2N3O.ClH/c1-13-10-11-20(27-12-16-17(22)7-5-8-18(16)23)21(25-13)15-6-3-4-9-19(15)26-14(2)24;/h3-11H,12H2,1-2H3,(H2,24,26);1H. The number of nitrogens with zero attached hydrogens (tertiary/aromatic N) is 1. The SMILES string of the molecule is CC(=N)Nc1ccccc1-c1nc(C)ccc1OCc1c(Cl)cccc1Cl.Cl. The Hall–Kier alpha value is -2.27. The van der Waals surface area contributed by atoms with E-state index in [0.717, 1.165) is 22.5 Å². The van der Waals surface area contributed by atoms with Gasteiger partial charge in [-0.15, -0.1) is 12.4 Å². The lowest BCUT2D eigenvalue weighted by Crippen LogP contribution is -2.07. The van der Waals surface area contributed by atoms with Crippen LogP contribution in [0, 0.1) is 12.3 Å². The summed E-state index contributed by atoms with van der Waals surface area (Å²) in [5.74, 6) is 0.967. The smallest absolute Gasteiger partial charge is 0.146 e. The van der Waals surface area contributed by atoms with Crippen LogP contribution in [0.1, 0.15) is 18.2 Å². The Bertz CT molecular complexity index is 972. The number of aryl methyl sites for hydroxylation is 1. The van der Waals surface area contributed by atoms with Crippen LogP contribution in [0.3, 0.4) is 0 Å². The number of para-hydroxylation sites is 1. The van der Waals surface area contributed by atoms with Gasteiger partial charge in [-0.25, -0.2) is 4.98 Å². The van der Waals surface area contributed by atoms with Crippen LogP contribution in [-0.2, 0) is 6.61 Å². The Labute approximate surface area is 180 Å². The number of amidine groups is 1. The van der Waals surface area contributed by atoms with Crippen molar-refractivity contribution in [3.05, 3.63) is 75.9 Å². The fraction of sp³-hybridized carbons (Fsp3) is 0.143. The molecule has 0 aliphatic rings. The molecule has 0 amide bonds. The van der Waals surface area contributed by atoms with Crippen molar-refractivity contribution in [3.63, 3.8) is 0 Å². The number of aromatic nitrogens is 1. The molecule has 4 nitrogen and oxygen atoms in total. The topological polar surface area (TPSA) is 58.0 Å². The lowest BCUT2D eigenvalue weighted by molar-refractivity contribution is 0.306. The van der Waals surface area contributed by atoms with E-state index in [-0.39, 0.29) is 19.0 Å². The number of benzene rings is 2. The summed E-state index contributed by atoms with van der Waals surface area (Å²) in [6.07, 6.45) is 0. The van der Waals surface area contributed by atoms with Crippen LogP contribution >= 0.6 is 35.6 Å². The van der Waals surface area contributed by atoms with E-state index in [1.165, 1.54) is 0 Å². The van der Waals surface area contributed by atoms with Gasteiger partial charge in [-0.2, -0.15) is 0 Å². The first-order valence-corrected chi connectivity index (χ1v) is 9.16. The zero-order valence-electron chi connectivity index (χ0n) is 15.4. The molecule has 1 heterocycles. The van der Waals surface area contributed by atoms with E-state index in [2.05, 4.69) is 10.3 Å². The Balaban J connectivity index is 0.00000280. The molecule has 2 N–H and O–H groups in total. The van der Waals surface area contributed by atoms with Gasteiger partial charge in [0.2, 0.25) is 0 Å². The number of rotatable bonds is 5. The van der Waals surface area contributed by atoms with Crippen molar-refractivity contribution in [1.29, 1.82) is 5.41 Å². The van der Waals surface area contributed by atoms with Crippen molar-refractivity contribution in [2.24, 2.45) is 0 Å². The number of halogens is 3. The van der Waals surface area contributed by atoms with Gasteiger partial charge in [0.25, 0.3) is 0 Å². The maximum atomic E-state index is 7.74. The van der Waals surface area contributed by atoms with E-state index in [1.54, 1.807) is 25.1 Å². The van der Waals surface area contributed by atoms with Crippen molar-refractivity contribution in [2.75, 3.05) is 5.32 Å². The number of anilines is 1. The van der Waals surface area contributed by atoms with Crippen LogP contribution < -0.4 is 10.1 Å². The lowest BCUT2D eigenvalue weighted by Gasteiger charge is -2.16. The molecule has 7 heteroatoms.